The highest BCUT2D eigenvalue weighted by Gasteiger charge is 2.38. The number of aliphatic hydroxyl groups is 1. The minimum absolute atomic E-state index is 0.0504. The van der Waals surface area contributed by atoms with Crippen molar-refractivity contribution in [1.29, 1.82) is 0 Å². The largest absolute Gasteiger partial charge is 0.493 e. The van der Waals surface area contributed by atoms with Crippen LogP contribution < -0.4 is 20.5 Å². The van der Waals surface area contributed by atoms with E-state index in [-0.39, 0.29) is 43.0 Å². The number of carboxylic acid groups (broad SMARTS) is 1. The van der Waals surface area contributed by atoms with Gasteiger partial charge in [0.25, 0.3) is 0 Å². The number of carbonyl (C=O) groups is 3. The van der Waals surface area contributed by atoms with Crippen molar-refractivity contribution >= 4 is 23.6 Å². The Kier molecular flexibility index (Phi) is 15.1. The van der Waals surface area contributed by atoms with Crippen LogP contribution in [0.25, 0.3) is 0 Å². The lowest BCUT2D eigenvalue weighted by Gasteiger charge is -2.19. The standard InChI is InChI=1S/C27H37N3O5.C2HF3O2/c1-18(2)12-21(17-31)14-23(32)22(13-19-8-6-5-7-9-19)29-27(28)30-26(33)16-20-10-11-24(34-3)25(15-20)35-4;3-2(4,5)1(6)7/h5-11,15,18,21-22,31H,12-14,16-17H2,1-4H3,(H3,28,29,30,33);(H,6,7)/t21-,22-;/m1./s1. The summed E-state index contributed by atoms with van der Waals surface area (Å²) in [5.41, 5.74) is 7.68. The van der Waals surface area contributed by atoms with Gasteiger partial charge in [-0.1, -0.05) is 50.2 Å². The van der Waals surface area contributed by atoms with Crippen LogP contribution >= 0.6 is 0 Å². The fraction of sp³-hybridized carbons (Fsp3) is 0.448. The normalized spacial score (nSPS) is 12.9. The van der Waals surface area contributed by atoms with Gasteiger partial charge in [-0.2, -0.15) is 13.2 Å². The van der Waals surface area contributed by atoms with Gasteiger partial charge in [0.05, 0.1) is 20.6 Å². The van der Waals surface area contributed by atoms with Gasteiger partial charge in [-0.05, 0) is 41.5 Å². The zero-order valence-corrected chi connectivity index (χ0v) is 24.0. The van der Waals surface area contributed by atoms with Crippen LogP contribution in [-0.4, -0.2) is 66.9 Å². The molecule has 0 bridgehead atoms. The van der Waals surface area contributed by atoms with E-state index in [1.807, 2.05) is 30.3 Å². The van der Waals surface area contributed by atoms with Crippen molar-refractivity contribution in [3.8, 4) is 11.5 Å². The van der Waals surface area contributed by atoms with E-state index in [1.165, 1.54) is 7.11 Å². The fourth-order valence-corrected chi connectivity index (χ4v) is 3.94. The number of carboxylic acids is 1. The Hall–Kier alpha value is -4.13. The van der Waals surface area contributed by atoms with Crippen LogP contribution in [0.3, 0.4) is 0 Å². The number of aliphatic imine (C=N–C) groups is 1. The average Bonchev–Trinajstić information content (AvgIpc) is 2.92. The molecule has 42 heavy (non-hydrogen) atoms. The number of rotatable bonds is 13. The number of aliphatic hydroxyl groups excluding tert-OH is 1. The van der Waals surface area contributed by atoms with Crippen LogP contribution in [0.4, 0.5) is 13.2 Å². The number of guanidine groups is 1. The monoisotopic (exact) mass is 597 g/mol. The summed E-state index contributed by atoms with van der Waals surface area (Å²) in [6.45, 7) is 4.04. The first-order valence-corrected chi connectivity index (χ1v) is 13.0. The number of halogens is 3. The number of nitrogens with two attached hydrogens (primary N) is 1. The second kappa shape index (κ2) is 17.6. The van der Waals surface area contributed by atoms with E-state index in [4.69, 9.17) is 25.1 Å². The van der Waals surface area contributed by atoms with Gasteiger partial charge in [-0.15, -0.1) is 0 Å². The van der Waals surface area contributed by atoms with Crippen LogP contribution in [-0.2, 0) is 27.2 Å². The van der Waals surface area contributed by atoms with E-state index in [0.717, 1.165) is 12.0 Å². The van der Waals surface area contributed by atoms with E-state index in [9.17, 15) is 27.9 Å². The number of carbonyl (C=O) groups excluding carboxylic acids is 2. The van der Waals surface area contributed by atoms with E-state index in [0.29, 0.717) is 29.4 Å². The van der Waals surface area contributed by atoms with Crippen LogP contribution in [0.1, 0.15) is 37.8 Å². The summed E-state index contributed by atoms with van der Waals surface area (Å²) in [5, 5.41) is 19.4. The smallest absolute Gasteiger partial charge is 0.490 e. The van der Waals surface area contributed by atoms with E-state index < -0.39 is 18.2 Å². The molecule has 0 saturated carbocycles. The number of alkyl halides is 3. The van der Waals surface area contributed by atoms with Crippen molar-refractivity contribution in [1.82, 2.24) is 5.32 Å². The first-order chi connectivity index (χ1) is 19.7. The zero-order chi connectivity index (χ0) is 31.9. The van der Waals surface area contributed by atoms with Gasteiger partial charge in [-0.25, -0.2) is 9.79 Å². The Labute approximate surface area is 242 Å². The molecule has 0 aliphatic carbocycles. The first kappa shape index (κ1) is 35.9. The maximum absolute atomic E-state index is 13.1. The second-order valence-electron chi connectivity index (χ2n) is 9.79. The molecule has 0 heterocycles. The van der Waals surface area contributed by atoms with Gasteiger partial charge < -0.3 is 25.4 Å². The molecule has 2 aromatic rings. The lowest BCUT2D eigenvalue weighted by Crippen LogP contribution is -2.40. The Morgan fingerprint density at radius 2 is 1.60 bits per heavy atom. The summed E-state index contributed by atoms with van der Waals surface area (Å²) in [7, 11) is 3.07. The predicted octanol–water partition coefficient (Wildman–Crippen LogP) is 3.54. The SMILES string of the molecule is COc1ccc(CC(=O)NC(N)=N[C@H](Cc2ccccc2)C(=O)C[C@H](CO)CC(C)C)cc1OC.O=C(O)C(F)(F)F. The number of amides is 1. The molecule has 0 aliphatic heterocycles. The van der Waals surface area contributed by atoms with Crippen LogP contribution in [0, 0.1) is 11.8 Å². The highest BCUT2D eigenvalue weighted by atomic mass is 19.4. The summed E-state index contributed by atoms with van der Waals surface area (Å²) in [6, 6.07) is 14.0. The molecule has 2 rings (SSSR count). The summed E-state index contributed by atoms with van der Waals surface area (Å²) in [4.78, 5) is 39.0. The number of nitrogens with one attached hydrogen (secondary N) is 1. The Balaban J connectivity index is 0.00000112. The molecule has 0 aromatic heterocycles. The van der Waals surface area contributed by atoms with Crippen molar-refractivity contribution in [3.63, 3.8) is 0 Å². The first-order valence-electron chi connectivity index (χ1n) is 13.0. The number of aliphatic carboxylic acids is 1. The third kappa shape index (κ3) is 13.5. The highest BCUT2D eigenvalue weighted by Crippen LogP contribution is 2.27. The van der Waals surface area contributed by atoms with Crippen LogP contribution in [0.5, 0.6) is 11.5 Å². The minimum atomic E-state index is -5.08. The molecule has 13 heteroatoms. The lowest BCUT2D eigenvalue weighted by molar-refractivity contribution is -0.192. The molecule has 0 fully saturated rings. The zero-order valence-electron chi connectivity index (χ0n) is 24.0. The molecule has 2 aromatic carbocycles. The molecule has 0 saturated heterocycles. The predicted molar refractivity (Wildman–Crippen MR) is 150 cm³/mol. The molecule has 2 atom stereocenters. The van der Waals surface area contributed by atoms with E-state index in [2.05, 4.69) is 24.2 Å². The summed E-state index contributed by atoms with van der Waals surface area (Å²) in [6.07, 6.45) is -3.75. The molecule has 0 unspecified atom stereocenters. The summed E-state index contributed by atoms with van der Waals surface area (Å²) in [5.74, 6) is -2.05. The van der Waals surface area contributed by atoms with Gasteiger partial charge in [0.2, 0.25) is 5.91 Å². The van der Waals surface area contributed by atoms with Crippen molar-refractivity contribution in [2.45, 2.75) is 51.7 Å². The molecule has 232 valence electrons. The molecule has 1 amide bonds. The fourth-order valence-electron chi connectivity index (χ4n) is 3.94. The van der Waals surface area contributed by atoms with Crippen molar-refractivity contribution in [3.05, 3.63) is 59.7 Å². The average molecular weight is 598 g/mol. The Morgan fingerprint density at radius 1 is 1.00 bits per heavy atom. The molecule has 0 aliphatic rings. The highest BCUT2D eigenvalue weighted by molar-refractivity contribution is 5.98. The molecular formula is C29H38F3N3O7. The van der Waals surface area contributed by atoms with Gasteiger partial charge in [0.1, 0.15) is 6.04 Å². The van der Waals surface area contributed by atoms with E-state index >= 15 is 0 Å². The van der Waals surface area contributed by atoms with Gasteiger partial charge >= 0.3 is 12.1 Å². The number of nitrogens with zero attached hydrogens (tertiary/aromatic N) is 1. The third-order valence-electron chi connectivity index (χ3n) is 5.81. The number of benzene rings is 2. The van der Waals surface area contributed by atoms with Crippen molar-refractivity contribution in [2.75, 3.05) is 20.8 Å². The number of hydrogen-bond donors (Lipinski definition) is 4. The topological polar surface area (TPSA) is 161 Å². The minimum Gasteiger partial charge on any atom is -0.493 e. The molecular weight excluding hydrogens is 559 g/mol. The number of methoxy groups -OCH3 is 2. The molecule has 5 N–H and O–H groups in total. The van der Waals surface area contributed by atoms with Crippen molar-refractivity contribution in [2.24, 2.45) is 22.6 Å². The number of hydrogen-bond acceptors (Lipinski definition) is 7. The third-order valence-corrected chi connectivity index (χ3v) is 5.81. The Morgan fingerprint density at radius 3 is 2.10 bits per heavy atom. The Bertz CT molecular complexity index is 1190. The van der Waals surface area contributed by atoms with Gasteiger partial charge in [0, 0.05) is 19.4 Å². The molecule has 0 spiro atoms. The summed E-state index contributed by atoms with van der Waals surface area (Å²) < 4.78 is 42.2. The quantitative estimate of drug-likeness (QED) is 0.202. The van der Waals surface area contributed by atoms with Gasteiger partial charge in [0.15, 0.2) is 23.2 Å². The van der Waals surface area contributed by atoms with Crippen LogP contribution in [0.15, 0.2) is 53.5 Å². The number of ketones is 1. The van der Waals surface area contributed by atoms with Gasteiger partial charge in [-0.3, -0.25) is 14.9 Å². The second-order valence-corrected chi connectivity index (χ2v) is 9.79. The molecule has 10 nitrogen and oxygen atoms in total. The molecule has 0 radical (unpaired) electrons. The number of Topliss-reactive ketones (excluding diaryl/α,β-unsaturated/α-hetero) is 1. The van der Waals surface area contributed by atoms with Crippen molar-refractivity contribution < 1.29 is 47.2 Å². The maximum Gasteiger partial charge on any atom is 0.490 e. The lowest BCUT2D eigenvalue weighted by atomic mass is 9.90. The van der Waals surface area contributed by atoms with E-state index in [1.54, 1.807) is 25.3 Å². The number of ether oxygens (including phenoxy) is 2. The maximum atomic E-state index is 13.1. The van der Waals surface area contributed by atoms with Crippen LogP contribution in [0.2, 0.25) is 0 Å². The summed E-state index contributed by atoms with van der Waals surface area (Å²) >= 11 is 0.